The average Bonchev–Trinajstić information content (AvgIpc) is 2.85. The van der Waals surface area contributed by atoms with Crippen molar-refractivity contribution in [3.05, 3.63) is 94.8 Å². The summed E-state index contributed by atoms with van der Waals surface area (Å²) in [4.78, 5) is 0. The van der Waals surface area contributed by atoms with E-state index in [-0.39, 0.29) is 46.2 Å². The first-order valence-electron chi connectivity index (χ1n) is 11.9. The highest BCUT2D eigenvalue weighted by Crippen LogP contribution is 2.33. The summed E-state index contributed by atoms with van der Waals surface area (Å²) in [5.41, 5.74) is 0.328. The molecule has 200 valence electrons. The van der Waals surface area contributed by atoms with Crippen LogP contribution in [-0.2, 0) is 12.8 Å². The Kier molecular flexibility index (Phi) is 8.44. The molecule has 0 spiro atoms. The van der Waals surface area contributed by atoms with Gasteiger partial charge in [-0.3, -0.25) is 0 Å². The molecule has 0 saturated heterocycles. The van der Waals surface area contributed by atoms with Gasteiger partial charge in [0.15, 0.2) is 17.4 Å². The summed E-state index contributed by atoms with van der Waals surface area (Å²) in [6.07, 6.45) is 1.70. The van der Waals surface area contributed by atoms with Gasteiger partial charge >= 0.3 is 6.61 Å². The summed E-state index contributed by atoms with van der Waals surface area (Å²) in [6.45, 7) is -1.07. The maximum atomic E-state index is 15.2. The van der Waals surface area contributed by atoms with E-state index in [0.29, 0.717) is 12.0 Å². The summed E-state index contributed by atoms with van der Waals surface area (Å²) < 4.78 is 107. The van der Waals surface area contributed by atoms with E-state index in [1.54, 1.807) is 6.07 Å². The summed E-state index contributed by atoms with van der Waals surface area (Å²) >= 11 is 0. The second-order valence-electron chi connectivity index (χ2n) is 8.71. The fourth-order valence-electron chi connectivity index (χ4n) is 4.17. The number of aryl methyl sites for hydroxylation is 2. The summed E-state index contributed by atoms with van der Waals surface area (Å²) in [6, 6.07) is 11.3. The number of alkyl halides is 2. The topological polar surface area (TPSA) is 18.5 Å². The molecule has 0 radical (unpaired) electrons. The van der Waals surface area contributed by atoms with Gasteiger partial charge in [-0.05, 0) is 59.5 Å². The van der Waals surface area contributed by atoms with E-state index in [1.165, 1.54) is 24.3 Å². The first-order chi connectivity index (χ1) is 18.2. The monoisotopic (exact) mass is 536 g/mol. The zero-order valence-electron chi connectivity index (χ0n) is 20.3. The molecular formula is C29H23F7O2. The number of hydrogen-bond donors (Lipinski definition) is 0. The zero-order chi connectivity index (χ0) is 27.4. The van der Waals surface area contributed by atoms with E-state index in [9.17, 15) is 26.3 Å². The number of ether oxygens (including phenoxy) is 2. The molecule has 0 amide bonds. The van der Waals surface area contributed by atoms with Crippen LogP contribution in [0, 0.1) is 29.1 Å². The number of fused-ring (bicyclic) bond motifs is 1. The fourth-order valence-corrected chi connectivity index (χ4v) is 4.17. The largest absolute Gasteiger partial charge is 0.493 e. The molecule has 0 unspecified atom stereocenters. The molecule has 0 saturated carbocycles. The van der Waals surface area contributed by atoms with Crippen molar-refractivity contribution in [1.82, 2.24) is 0 Å². The van der Waals surface area contributed by atoms with Crippen molar-refractivity contribution in [3.63, 3.8) is 0 Å². The third-order valence-electron chi connectivity index (χ3n) is 6.05. The van der Waals surface area contributed by atoms with Crippen LogP contribution in [0.25, 0.3) is 21.9 Å². The van der Waals surface area contributed by atoms with Gasteiger partial charge in [-0.25, -0.2) is 22.0 Å². The Morgan fingerprint density at radius 1 is 0.763 bits per heavy atom. The Balaban J connectivity index is 1.55. The zero-order valence-corrected chi connectivity index (χ0v) is 20.3. The molecule has 0 aliphatic rings. The molecule has 0 aromatic heterocycles. The van der Waals surface area contributed by atoms with Gasteiger partial charge < -0.3 is 9.47 Å². The van der Waals surface area contributed by atoms with Gasteiger partial charge in [0.25, 0.3) is 0 Å². The first kappa shape index (κ1) is 27.3. The van der Waals surface area contributed by atoms with Crippen LogP contribution in [0.4, 0.5) is 30.7 Å². The molecule has 4 rings (SSSR count). The second-order valence-corrected chi connectivity index (χ2v) is 8.71. The molecule has 0 aliphatic carbocycles. The number of hydrogen-bond acceptors (Lipinski definition) is 2. The standard InChI is InChI=1S/C29H23F7O2/c1-2-3-10-37-20-14-22(30)26(23(31)15-20)19-8-9-21-18(13-19)7-6-17(27(21)34)5-4-16-11-24(32)28(25(33)12-16)38-29(35)36/h6-9,11-15,29H,2-5,10H2,1H3. The van der Waals surface area contributed by atoms with Gasteiger partial charge in [0, 0.05) is 17.5 Å². The minimum absolute atomic E-state index is 0.0202. The molecule has 0 N–H and O–H groups in total. The Morgan fingerprint density at radius 2 is 1.45 bits per heavy atom. The maximum Gasteiger partial charge on any atom is 0.387 e. The highest BCUT2D eigenvalue weighted by Gasteiger charge is 2.18. The van der Waals surface area contributed by atoms with Crippen LogP contribution in [0.2, 0.25) is 0 Å². The molecule has 9 heteroatoms. The van der Waals surface area contributed by atoms with Crippen molar-refractivity contribution in [1.29, 1.82) is 0 Å². The maximum absolute atomic E-state index is 15.2. The quantitative estimate of drug-likeness (QED) is 0.149. The molecule has 38 heavy (non-hydrogen) atoms. The number of benzene rings is 4. The summed E-state index contributed by atoms with van der Waals surface area (Å²) in [5.74, 6) is -5.87. The van der Waals surface area contributed by atoms with Crippen LogP contribution in [0.3, 0.4) is 0 Å². The van der Waals surface area contributed by atoms with Gasteiger partial charge in [-0.2, -0.15) is 8.78 Å². The summed E-state index contributed by atoms with van der Waals surface area (Å²) in [5, 5.41) is 0.598. The molecule has 4 aromatic carbocycles. The highest BCUT2D eigenvalue weighted by molar-refractivity contribution is 5.88. The Morgan fingerprint density at radius 3 is 2.08 bits per heavy atom. The molecule has 0 bridgehead atoms. The van der Waals surface area contributed by atoms with Crippen molar-refractivity contribution < 1.29 is 40.2 Å². The van der Waals surface area contributed by atoms with Crippen molar-refractivity contribution in [2.24, 2.45) is 0 Å². The van der Waals surface area contributed by atoms with E-state index in [0.717, 1.165) is 37.1 Å². The van der Waals surface area contributed by atoms with Crippen LogP contribution in [0.15, 0.2) is 54.6 Å². The van der Waals surface area contributed by atoms with E-state index < -0.39 is 41.4 Å². The highest BCUT2D eigenvalue weighted by atomic mass is 19.3. The van der Waals surface area contributed by atoms with Gasteiger partial charge in [-0.15, -0.1) is 0 Å². The van der Waals surface area contributed by atoms with Gasteiger partial charge in [0.1, 0.15) is 23.2 Å². The molecular weight excluding hydrogens is 513 g/mol. The van der Waals surface area contributed by atoms with Crippen molar-refractivity contribution in [3.8, 4) is 22.6 Å². The lowest BCUT2D eigenvalue weighted by Gasteiger charge is -2.12. The lowest BCUT2D eigenvalue weighted by Crippen LogP contribution is -2.06. The van der Waals surface area contributed by atoms with Gasteiger partial charge in [0.05, 0.1) is 12.2 Å². The SMILES string of the molecule is CCCCOc1cc(F)c(-c2ccc3c(F)c(CCc4cc(F)c(OC(F)F)c(F)c4)ccc3c2)c(F)c1. The minimum atomic E-state index is -3.38. The number of rotatable bonds is 10. The lowest BCUT2D eigenvalue weighted by molar-refractivity contribution is -0.0546. The minimum Gasteiger partial charge on any atom is -0.493 e. The van der Waals surface area contributed by atoms with Crippen LogP contribution in [0.1, 0.15) is 30.9 Å². The predicted molar refractivity (Wildman–Crippen MR) is 130 cm³/mol. The van der Waals surface area contributed by atoms with Gasteiger partial charge in [-0.1, -0.05) is 37.6 Å². The van der Waals surface area contributed by atoms with Crippen LogP contribution >= 0.6 is 0 Å². The summed E-state index contributed by atoms with van der Waals surface area (Å²) in [7, 11) is 0. The number of halogens is 7. The van der Waals surface area contributed by atoms with Crippen LogP contribution in [0.5, 0.6) is 11.5 Å². The van der Waals surface area contributed by atoms with Crippen molar-refractivity contribution in [2.75, 3.05) is 6.61 Å². The Bertz CT molecular complexity index is 1410. The lowest BCUT2D eigenvalue weighted by atomic mass is 9.96. The predicted octanol–water partition coefficient (Wildman–Crippen LogP) is 8.77. The van der Waals surface area contributed by atoms with Crippen LogP contribution in [-0.4, -0.2) is 13.2 Å². The molecule has 2 nitrogen and oxygen atoms in total. The fraction of sp³-hybridized carbons (Fsp3) is 0.241. The normalized spacial score (nSPS) is 11.4. The second kappa shape index (κ2) is 11.8. The van der Waals surface area contributed by atoms with Crippen molar-refractivity contribution >= 4 is 10.8 Å². The molecule has 0 fully saturated rings. The molecule has 0 atom stereocenters. The van der Waals surface area contributed by atoms with E-state index in [2.05, 4.69) is 4.74 Å². The smallest absolute Gasteiger partial charge is 0.387 e. The average molecular weight is 536 g/mol. The third-order valence-corrected chi connectivity index (χ3v) is 6.05. The third kappa shape index (κ3) is 6.03. The van der Waals surface area contributed by atoms with E-state index >= 15 is 4.39 Å². The first-order valence-corrected chi connectivity index (χ1v) is 11.9. The Hall–Kier alpha value is -3.75. The molecule has 0 heterocycles. The van der Waals surface area contributed by atoms with Crippen LogP contribution < -0.4 is 9.47 Å². The molecule has 4 aromatic rings. The van der Waals surface area contributed by atoms with E-state index in [4.69, 9.17) is 4.74 Å². The molecule has 0 aliphatic heterocycles. The van der Waals surface area contributed by atoms with Gasteiger partial charge in [0.2, 0.25) is 0 Å². The van der Waals surface area contributed by atoms with Crippen molar-refractivity contribution in [2.45, 2.75) is 39.2 Å². The number of unbranched alkanes of at least 4 members (excludes halogenated alkanes) is 1. The van der Waals surface area contributed by atoms with E-state index in [1.807, 2.05) is 6.92 Å². The Labute approximate surface area is 214 Å².